The number of aryl methyl sites for hydroxylation is 1. The summed E-state index contributed by atoms with van der Waals surface area (Å²) in [7, 11) is 0. The summed E-state index contributed by atoms with van der Waals surface area (Å²) in [4.78, 5) is 10.5. The zero-order valence-corrected chi connectivity index (χ0v) is 8.68. The first-order valence-electron chi connectivity index (χ1n) is 4.95. The Morgan fingerprint density at radius 1 is 1.27 bits per heavy atom. The molecule has 15 heavy (non-hydrogen) atoms. The lowest BCUT2D eigenvalue weighted by atomic mass is 10.1. The number of aldehydes is 1. The lowest BCUT2D eigenvalue weighted by Crippen LogP contribution is -1.98. The van der Waals surface area contributed by atoms with Crippen molar-refractivity contribution in [3.05, 3.63) is 59.4 Å². The molecule has 2 nitrogen and oxygen atoms in total. The van der Waals surface area contributed by atoms with Crippen molar-refractivity contribution in [3.8, 4) is 0 Å². The van der Waals surface area contributed by atoms with Gasteiger partial charge in [-0.2, -0.15) is 0 Å². The Morgan fingerprint density at radius 2 is 2.07 bits per heavy atom. The van der Waals surface area contributed by atoms with Gasteiger partial charge in [-0.25, -0.2) is 0 Å². The molecule has 2 aromatic rings. The van der Waals surface area contributed by atoms with E-state index in [1.807, 2.05) is 35.2 Å². The van der Waals surface area contributed by atoms with Crippen molar-refractivity contribution in [1.29, 1.82) is 0 Å². The molecular weight excluding hydrogens is 186 g/mol. The molecule has 0 unspecified atom stereocenters. The molecule has 1 aromatic heterocycles. The first-order chi connectivity index (χ1) is 7.29. The summed E-state index contributed by atoms with van der Waals surface area (Å²) in [5, 5.41) is 0. The van der Waals surface area contributed by atoms with Crippen LogP contribution in [0.15, 0.2) is 42.7 Å². The van der Waals surface area contributed by atoms with Gasteiger partial charge in [-0.15, -0.1) is 0 Å². The Kier molecular flexibility index (Phi) is 2.68. The fourth-order valence-corrected chi connectivity index (χ4v) is 1.61. The van der Waals surface area contributed by atoms with E-state index >= 15 is 0 Å². The molecule has 0 N–H and O–H groups in total. The molecule has 1 aromatic carbocycles. The van der Waals surface area contributed by atoms with Crippen LogP contribution in [0.3, 0.4) is 0 Å². The van der Waals surface area contributed by atoms with Gasteiger partial charge in [0.05, 0.1) is 0 Å². The predicted octanol–water partition coefficient (Wildman–Crippen LogP) is 2.66. The van der Waals surface area contributed by atoms with E-state index in [-0.39, 0.29) is 0 Å². The smallest absolute Gasteiger partial charge is 0.151 e. The molecule has 0 aliphatic carbocycles. The lowest BCUT2D eigenvalue weighted by Gasteiger charge is -2.06. The standard InChI is InChI=1S/C13H13NO/c1-11-4-2-3-5-13(11)9-14-7-6-12(8-14)10-15/h2-8,10H,9H2,1H3. The SMILES string of the molecule is Cc1ccccc1Cn1ccc(C=O)c1. The van der Waals surface area contributed by atoms with Crippen molar-refractivity contribution in [2.24, 2.45) is 0 Å². The highest BCUT2D eigenvalue weighted by Gasteiger charge is 1.99. The number of carbonyl (C=O) groups excluding carboxylic acids is 1. The van der Waals surface area contributed by atoms with Crippen molar-refractivity contribution in [2.45, 2.75) is 13.5 Å². The summed E-state index contributed by atoms with van der Waals surface area (Å²) in [6.07, 6.45) is 4.66. The summed E-state index contributed by atoms with van der Waals surface area (Å²) in [5.41, 5.74) is 3.29. The van der Waals surface area contributed by atoms with E-state index in [0.29, 0.717) is 0 Å². The minimum absolute atomic E-state index is 0.726. The second-order valence-corrected chi connectivity index (χ2v) is 3.66. The van der Waals surface area contributed by atoms with E-state index < -0.39 is 0 Å². The molecule has 2 rings (SSSR count). The van der Waals surface area contributed by atoms with E-state index in [2.05, 4.69) is 19.1 Å². The van der Waals surface area contributed by atoms with Crippen LogP contribution in [-0.2, 0) is 6.54 Å². The second kappa shape index (κ2) is 4.13. The molecule has 0 amide bonds. The fraction of sp³-hybridized carbons (Fsp3) is 0.154. The number of benzene rings is 1. The van der Waals surface area contributed by atoms with Crippen LogP contribution in [0.2, 0.25) is 0 Å². The van der Waals surface area contributed by atoms with Crippen molar-refractivity contribution in [1.82, 2.24) is 4.57 Å². The summed E-state index contributed by atoms with van der Waals surface area (Å²) in [6, 6.07) is 10.1. The molecule has 0 atom stereocenters. The highest BCUT2D eigenvalue weighted by molar-refractivity contribution is 5.74. The van der Waals surface area contributed by atoms with Crippen molar-refractivity contribution in [3.63, 3.8) is 0 Å². The maximum absolute atomic E-state index is 10.5. The minimum Gasteiger partial charge on any atom is -0.349 e. The van der Waals surface area contributed by atoms with Crippen LogP contribution in [-0.4, -0.2) is 10.9 Å². The normalized spacial score (nSPS) is 10.2. The van der Waals surface area contributed by atoms with Gasteiger partial charge in [0.25, 0.3) is 0 Å². The molecular formula is C13H13NO. The molecule has 0 saturated carbocycles. The van der Waals surface area contributed by atoms with Crippen molar-refractivity contribution in [2.75, 3.05) is 0 Å². The third kappa shape index (κ3) is 2.15. The summed E-state index contributed by atoms with van der Waals surface area (Å²) in [6.45, 7) is 2.92. The van der Waals surface area contributed by atoms with E-state index in [1.54, 1.807) is 0 Å². The van der Waals surface area contributed by atoms with Crippen LogP contribution >= 0.6 is 0 Å². The highest BCUT2D eigenvalue weighted by atomic mass is 16.1. The van der Waals surface area contributed by atoms with E-state index in [0.717, 1.165) is 18.4 Å². The predicted molar refractivity (Wildman–Crippen MR) is 60.1 cm³/mol. The number of carbonyl (C=O) groups is 1. The van der Waals surface area contributed by atoms with Gasteiger partial charge < -0.3 is 4.57 Å². The highest BCUT2D eigenvalue weighted by Crippen LogP contribution is 2.10. The summed E-state index contributed by atoms with van der Waals surface area (Å²) < 4.78 is 2.02. The number of aromatic nitrogens is 1. The molecule has 0 saturated heterocycles. The molecule has 0 aliphatic rings. The maximum atomic E-state index is 10.5. The molecule has 2 heteroatoms. The number of nitrogens with zero attached hydrogens (tertiary/aromatic N) is 1. The zero-order chi connectivity index (χ0) is 10.7. The van der Waals surface area contributed by atoms with Gasteiger partial charge in [-0.3, -0.25) is 4.79 Å². The fourth-order valence-electron chi connectivity index (χ4n) is 1.61. The minimum atomic E-state index is 0.726. The molecule has 1 heterocycles. The Labute approximate surface area is 89.2 Å². The third-order valence-electron chi connectivity index (χ3n) is 2.52. The average Bonchev–Trinajstić information content (AvgIpc) is 2.69. The van der Waals surface area contributed by atoms with Crippen LogP contribution in [0.5, 0.6) is 0 Å². The molecule has 0 aliphatic heterocycles. The Bertz CT molecular complexity index is 471. The number of hydrogen-bond acceptors (Lipinski definition) is 1. The van der Waals surface area contributed by atoms with E-state index in [9.17, 15) is 4.79 Å². The van der Waals surface area contributed by atoms with Gasteiger partial charge in [-0.1, -0.05) is 24.3 Å². The van der Waals surface area contributed by atoms with Crippen molar-refractivity contribution >= 4 is 6.29 Å². The first kappa shape index (κ1) is 9.71. The monoisotopic (exact) mass is 199 g/mol. The Balaban J connectivity index is 2.22. The van der Waals surface area contributed by atoms with E-state index in [4.69, 9.17) is 0 Å². The Hall–Kier alpha value is -1.83. The maximum Gasteiger partial charge on any atom is 0.151 e. The van der Waals surface area contributed by atoms with E-state index in [1.165, 1.54) is 11.1 Å². The molecule has 0 bridgehead atoms. The molecule has 0 spiro atoms. The number of rotatable bonds is 3. The average molecular weight is 199 g/mol. The summed E-state index contributed by atoms with van der Waals surface area (Å²) in [5.74, 6) is 0. The molecule has 0 radical (unpaired) electrons. The lowest BCUT2D eigenvalue weighted by molar-refractivity contribution is 0.112. The summed E-state index contributed by atoms with van der Waals surface area (Å²) >= 11 is 0. The molecule has 0 fully saturated rings. The van der Waals surface area contributed by atoms with Gasteiger partial charge in [0.15, 0.2) is 6.29 Å². The quantitative estimate of drug-likeness (QED) is 0.696. The zero-order valence-electron chi connectivity index (χ0n) is 8.68. The Morgan fingerprint density at radius 3 is 2.73 bits per heavy atom. The van der Waals surface area contributed by atoms with Crippen LogP contribution in [0.1, 0.15) is 21.5 Å². The third-order valence-corrected chi connectivity index (χ3v) is 2.52. The van der Waals surface area contributed by atoms with Gasteiger partial charge in [-0.05, 0) is 24.1 Å². The van der Waals surface area contributed by atoms with Gasteiger partial charge in [0.2, 0.25) is 0 Å². The van der Waals surface area contributed by atoms with Gasteiger partial charge in [0, 0.05) is 24.5 Å². The van der Waals surface area contributed by atoms with Gasteiger partial charge >= 0.3 is 0 Å². The topological polar surface area (TPSA) is 22.0 Å². The van der Waals surface area contributed by atoms with Crippen molar-refractivity contribution < 1.29 is 4.79 Å². The second-order valence-electron chi connectivity index (χ2n) is 3.66. The van der Waals surface area contributed by atoms with Crippen LogP contribution in [0, 0.1) is 6.92 Å². The molecule has 76 valence electrons. The van der Waals surface area contributed by atoms with Crippen LogP contribution in [0.4, 0.5) is 0 Å². The van der Waals surface area contributed by atoms with Gasteiger partial charge in [0.1, 0.15) is 0 Å². The van der Waals surface area contributed by atoms with Crippen LogP contribution in [0.25, 0.3) is 0 Å². The first-order valence-corrected chi connectivity index (χ1v) is 4.95. The number of hydrogen-bond donors (Lipinski definition) is 0. The largest absolute Gasteiger partial charge is 0.349 e. The van der Waals surface area contributed by atoms with Crippen LogP contribution < -0.4 is 0 Å².